The van der Waals surface area contributed by atoms with Crippen LogP contribution in [0.4, 0.5) is 0 Å². The smallest absolute Gasteiger partial charge is 0.337 e. The molecule has 0 saturated heterocycles. The van der Waals surface area contributed by atoms with E-state index >= 15 is 0 Å². The molecule has 2 rings (SSSR count). The Balaban J connectivity index is 2.39. The van der Waals surface area contributed by atoms with Gasteiger partial charge in [-0.15, -0.1) is 0 Å². The molecule has 0 aliphatic carbocycles. The van der Waals surface area contributed by atoms with E-state index in [1.807, 2.05) is 12.1 Å². The Morgan fingerprint density at radius 2 is 1.85 bits per heavy atom. The third-order valence-corrected chi connectivity index (χ3v) is 4.49. The van der Waals surface area contributed by atoms with Gasteiger partial charge in [-0.25, -0.2) is 4.79 Å². The molecule has 1 heterocycles. The lowest BCUT2D eigenvalue weighted by atomic mass is 9.92. The molecule has 1 unspecified atom stereocenters. The summed E-state index contributed by atoms with van der Waals surface area (Å²) < 4.78 is 11.3. The summed E-state index contributed by atoms with van der Waals surface area (Å²) in [6.07, 6.45) is 11.2. The van der Waals surface area contributed by atoms with Crippen molar-refractivity contribution >= 4 is 12.0 Å². The Bertz CT molecular complexity index is 760. The molecule has 140 valence electrons. The average Bonchev–Trinajstić information content (AvgIpc) is 2.58. The van der Waals surface area contributed by atoms with Gasteiger partial charge in [-0.3, -0.25) is 0 Å². The SMILES string of the molecule is COC(=O)c1cc2c(c(CC=C(C)C)c1)OC(C)(CCC=C(C)C)C=C2. The third-order valence-electron chi connectivity index (χ3n) is 4.49. The predicted molar refractivity (Wildman–Crippen MR) is 108 cm³/mol. The van der Waals surface area contributed by atoms with Gasteiger partial charge in [-0.05, 0) is 77.7 Å². The number of rotatable bonds is 6. The summed E-state index contributed by atoms with van der Waals surface area (Å²) in [6.45, 7) is 10.5. The summed E-state index contributed by atoms with van der Waals surface area (Å²) in [5, 5.41) is 0. The molecule has 0 radical (unpaired) electrons. The van der Waals surface area contributed by atoms with E-state index in [-0.39, 0.29) is 11.6 Å². The number of benzene rings is 1. The van der Waals surface area contributed by atoms with Gasteiger partial charge in [-0.2, -0.15) is 0 Å². The monoisotopic (exact) mass is 354 g/mol. The van der Waals surface area contributed by atoms with Gasteiger partial charge in [-0.1, -0.05) is 29.4 Å². The molecule has 1 aromatic rings. The van der Waals surface area contributed by atoms with Crippen molar-refractivity contribution in [3.8, 4) is 5.75 Å². The maximum Gasteiger partial charge on any atom is 0.337 e. The van der Waals surface area contributed by atoms with Gasteiger partial charge in [0.15, 0.2) is 0 Å². The molecule has 0 saturated carbocycles. The number of methoxy groups -OCH3 is 1. The van der Waals surface area contributed by atoms with Crippen LogP contribution in [0.15, 0.2) is 41.5 Å². The maximum atomic E-state index is 12.0. The van der Waals surface area contributed by atoms with Crippen LogP contribution in [0.2, 0.25) is 0 Å². The standard InChI is InChI=1S/C23H30O3/c1-16(2)8-7-12-23(5)13-11-19-15-20(22(24)25-6)14-18(21(19)26-23)10-9-17(3)4/h8-9,11,13-15H,7,10,12H2,1-6H3. The Labute approximate surface area is 157 Å². The van der Waals surface area contributed by atoms with E-state index in [4.69, 9.17) is 9.47 Å². The molecule has 0 fully saturated rings. The Morgan fingerprint density at radius 1 is 1.15 bits per heavy atom. The highest BCUT2D eigenvalue weighted by Gasteiger charge is 2.29. The fourth-order valence-electron chi connectivity index (χ4n) is 2.98. The summed E-state index contributed by atoms with van der Waals surface area (Å²) in [6, 6.07) is 3.74. The fourth-order valence-corrected chi connectivity index (χ4v) is 2.98. The minimum Gasteiger partial charge on any atom is -0.483 e. The molecule has 0 amide bonds. The van der Waals surface area contributed by atoms with Crippen molar-refractivity contribution in [3.05, 3.63) is 58.2 Å². The molecule has 0 N–H and O–H groups in total. The van der Waals surface area contributed by atoms with Crippen LogP contribution < -0.4 is 4.74 Å². The highest BCUT2D eigenvalue weighted by molar-refractivity contribution is 5.91. The largest absolute Gasteiger partial charge is 0.483 e. The first-order valence-electron chi connectivity index (χ1n) is 9.14. The molecule has 3 heteroatoms. The van der Waals surface area contributed by atoms with Crippen molar-refractivity contribution in [2.45, 2.75) is 59.5 Å². The lowest BCUT2D eigenvalue weighted by Crippen LogP contribution is -2.32. The number of allylic oxidation sites excluding steroid dienone is 4. The number of fused-ring (bicyclic) bond motifs is 1. The molecule has 0 aromatic heterocycles. The second kappa shape index (κ2) is 8.39. The van der Waals surface area contributed by atoms with Crippen molar-refractivity contribution < 1.29 is 14.3 Å². The van der Waals surface area contributed by atoms with Crippen molar-refractivity contribution in [2.24, 2.45) is 0 Å². The number of hydrogen-bond acceptors (Lipinski definition) is 3. The summed E-state index contributed by atoms with van der Waals surface area (Å²) in [4.78, 5) is 12.0. The second-order valence-electron chi connectivity index (χ2n) is 7.60. The van der Waals surface area contributed by atoms with E-state index in [1.165, 1.54) is 18.3 Å². The van der Waals surface area contributed by atoms with Gasteiger partial charge in [0, 0.05) is 5.56 Å². The molecule has 3 nitrogen and oxygen atoms in total. The van der Waals surface area contributed by atoms with E-state index < -0.39 is 0 Å². The number of esters is 1. The quantitative estimate of drug-likeness (QED) is 0.472. The van der Waals surface area contributed by atoms with Crippen LogP contribution in [0.5, 0.6) is 5.75 Å². The Morgan fingerprint density at radius 3 is 2.46 bits per heavy atom. The third kappa shape index (κ3) is 5.10. The Kier molecular flexibility index (Phi) is 6.47. The molecular weight excluding hydrogens is 324 g/mol. The predicted octanol–water partition coefficient (Wildman–Crippen LogP) is 5.89. The number of hydrogen-bond donors (Lipinski definition) is 0. The molecule has 0 spiro atoms. The molecule has 0 bridgehead atoms. The van der Waals surface area contributed by atoms with Crippen molar-refractivity contribution in [1.82, 2.24) is 0 Å². The van der Waals surface area contributed by atoms with Crippen molar-refractivity contribution in [2.75, 3.05) is 7.11 Å². The highest BCUT2D eigenvalue weighted by Crippen LogP contribution is 2.37. The average molecular weight is 354 g/mol. The molecule has 26 heavy (non-hydrogen) atoms. The van der Waals surface area contributed by atoms with Crippen LogP contribution in [0.1, 0.15) is 68.9 Å². The number of carbonyl (C=O) groups is 1. The van der Waals surface area contributed by atoms with E-state index in [0.29, 0.717) is 5.56 Å². The first-order valence-corrected chi connectivity index (χ1v) is 9.14. The lowest BCUT2D eigenvalue weighted by Gasteiger charge is -2.33. The minimum atomic E-state index is -0.342. The fraction of sp³-hybridized carbons (Fsp3) is 0.435. The summed E-state index contributed by atoms with van der Waals surface area (Å²) in [5.74, 6) is 0.550. The summed E-state index contributed by atoms with van der Waals surface area (Å²) in [5.41, 5.74) is 4.72. The van der Waals surface area contributed by atoms with Gasteiger partial charge in [0.05, 0.1) is 12.7 Å². The van der Waals surface area contributed by atoms with Gasteiger partial charge >= 0.3 is 5.97 Å². The minimum absolute atomic E-state index is 0.323. The van der Waals surface area contributed by atoms with E-state index in [1.54, 1.807) is 0 Å². The van der Waals surface area contributed by atoms with Crippen LogP contribution >= 0.6 is 0 Å². The zero-order chi connectivity index (χ0) is 19.3. The first kappa shape index (κ1) is 20.0. The highest BCUT2D eigenvalue weighted by atomic mass is 16.5. The molecule has 1 aliphatic rings. The zero-order valence-electron chi connectivity index (χ0n) is 16.8. The van der Waals surface area contributed by atoms with E-state index in [2.05, 4.69) is 58.9 Å². The van der Waals surface area contributed by atoms with E-state index in [0.717, 1.165) is 36.1 Å². The van der Waals surface area contributed by atoms with Crippen LogP contribution in [-0.2, 0) is 11.2 Å². The van der Waals surface area contributed by atoms with E-state index in [9.17, 15) is 4.79 Å². The van der Waals surface area contributed by atoms with Crippen LogP contribution in [-0.4, -0.2) is 18.7 Å². The second-order valence-corrected chi connectivity index (χ2v) is 7.60. The van der Waals surface area contributed by atoms with Gasteiger partial charge in [0.25, 0.3) is 0 Å². The van der Waals surface area contributed by atoms with Crippen molar-refractivity contribution in [3.63, 3.8) is 0 Å². The van der Waals surface area contributed by atoms with Gasteiger partial charge < -0.3 is 9.47 Å². The molecular formula is C23H30O3. The Hall–Kier alpha value is -2.29. The normalized spacial score (nSPS) is 17.8. The maximum absolute atomic E-state index is 12.0. The number of carbonyl (C=O) groups excluding carboxylic acids is 1. The first-order chi connectivity index (χ1) is 12.2. The molecule has 1 aromatic carbocycles. The van der Waals surface area contributed by atoms with Gasteiger partial charge in [0.2, 0.25) is 0 Å². The topological polar surface area (TPSA) is 35.5 Å². The van der Waals surface area contributed by atoms with Crippen molar-refractivity contribution in [1.29, 1.82) is 0 Å². The van der Waals surface area contributed by atoms with Crippen LogP contribution in [0, 0.1) is 0 Å². The van der Waals surface area contributed by atoms with Crippen LogP contribution in [0.25, 0.3) is 6.08 Å². The summed E-state index contributed by atoms with van der Waals surface area (Å²) >= 11 is 0. The van der Waals surface area contributed by atoms with Gasteiger partial charge in [0.1, 0.15) is 11.4 Å². The lowest BCUT2D eigenvalue weighted by molar-refractivity contribution is 0.0600. The molecule has 1 atom stereocenters. The summed E-state index contributed by atoms with van der Waals surface area (Å²) in [7, 11) is 1.41. The van der Waals surface area contributed by atoms with Crippen LogP contribution in [0.3, 0.4) is 0 Å². The zero-order valence-corrected chi connectivity index (χ0v) is 16.8. The number of ether oxygens (including phenoxy) is 2. The molecule has 1 aliphatic heterocycles.